The van der Waals surface area contributed by atoms with Gasteiger partial charge in [0.2, 0.25) is 0 Å². The SMILES string of the molecule is Cc1ccc(OC(C)C(=O)NN2C(=O)C3C4CCC(O4)C3C2=O)cc1. The molecule has 7 nitrogen and oxygen atoms in total. The Kier molecular flexibility index (Phi) is 3.76. The predicted molar refractivity (Wildman–Crippen MR) is 86.1 cm³/mol. The molecule has 3 fully saturated rings. The number of aryl methyl sites for hydroxylation is 1. The van der Waals surface area contributed by atoms with E-state index in [1.165, 1.54) is 0 Å². The molecule has 5 unspecified atom stereocenters. The van der Waals surface area contributed by atoms with Gasteiger partial charge in [-0.25, -0.2) is 0 Å². The lowest BCUT2D eigenvalue weighted by Crippen LogP contribution is -2.51. The summed E-state index contributed by atoms with van der Waals surface area (Å²) in [5.74, 6) is -1.65. The second-order valence-corrected chi connectivity index (χ2v) is 6.90. The highest BCUT2D eigenvalue weighted by atomic mass is 16.5. The fourth-order valence-corrected chi connectivity index (χ4v) is 3.90. The van der Waals surface area contributed by atoms with Gasteiger partial charge in [-0.3, -0.25) is 19.8 Å². The Labute approximate surface area is 145 Å². The van der Waals surface area contributed by atoms with Gasteiger partial charge in [-0.2, -0.15) is 5.01 Å². The Morgan fingerprint density at radius 1 is 1.16 bits per heavy atom. The van der Waals surface area contributed by atoms with Crippen LogP contribution < -0.4 is 10.2 Å². The first-order valence-corrected chi connectivity index (χ1v) is 8.53. The molecule has 25 heavy (non-hydrogen) atoms. The molecule has 3 saturated heterocycles. The molecule has 3 aliphatic heterocycles. The van der Waals surface area contributed by atoms with Crippen LogP contribution in [0.1, 0.15) is 25.3 Å². The number of hydrazine groups is 1. The van der Waals surface area contributed by atoms with Gasteiger partial charge in [0.25, 0.3) is 17.7 Å². The topological polar surface area (TPSA) is 84.9 Å². The van der Waals surface area contributed by atoms with Crippen molar-refractivity contribution >= 4 is 17.7 Å². The molecule has 3 amide bonds. The van der Waals surface area contributed by atoms with Gasteiger partial charge in [-0.05, 0) is 38.8 Å². The molecule has 4 rings (SSSR count). The molecular formula is C18H20N2O5. The highest BCUT2D eigenvalue weighted by molar-refractivity contribution is 6.07. The first-order chi connectivity index (χ1) is 12.0. The van der Waals surface area contributed by atoms with Crippen LogP contribution in [0.4, 0.5) is 0 Å². The molecule has 2 bridgehead atoms. The van der Waals surface area contributed by atoms with E-state index in [1.807, 2.05) is 19.1 Å². The van der Waals surface area contributed by atoms with Crippen molar-refractivity contribution < 1.29 is 23.9 Å². The predicted octanol–water partition coefficient (Wildman–Crippen LogP) is 0.956. The number of carbonyl (C=O) groups is 3. The van der Waals surface area contributed by atoms with E-state index >= 15 is 0 Å². The van der Waals surface area contributed by atoms with Crippen LogP contribution in [0.2, 0.25) is 0 Å². The minimum Gasteiger partial charge on any atom is -0.481 e. The molecule has 7 heteroatoms. The Hall–Kier alpha value is -2.41. The van der Waals surface area contributed by atoms with E-state index in [2.05, 4.69) is 5.43 Å². The zero-order chi connectivity index (χ0) is 17.7. The Bertz CT molecular complexity index is 703. The van der Waals surface area contributed by atoms with Crippen LogP contribution in [-0.4, -0.2) is 41.0 Å². The van der Waals surface area contributed by atoms with Crippen molar-refractivity contribution in [2.75, 3.05) is 0 Å². The van der Waals surface area contributed by atoms with Gasteiger partial charge in [-0.1, -0.05) is 17.7 Å². The molecule has 132 valence electrons. The quantitative estimate of drug-likeness (QED) is 0.822. The van der Waals surface area contributed by atoms with Crippen molar-refractivity contribution in [3.63, 3.8) is 0 Å². The Morgan fingerprint density at radius 3 is 2.28 bits per heavy atom. The van der Waals surface area contributed by atoms with Gasteiger partial charge in [0.15, 0.2) is 6.10 Å². The normalized spacial score (nSPS) is 31.2. The molecule has 3 aliphatic rings. The summed E-state index contributed by atoms with van der Waals surface area (Å²) in [7, 11) is 0. The molecular weight excluding hydrogens is 324 g/mol. The number of hydrogen-bond acceptors (Lipinski definition) is 5. The highest BCUT2D eigenvalue weighted by Crippen LogP contribution is 2.47. The van der Waals surface area contributed by atoms with Gasteiger partial charge < -0.3 is 9.47 Å². The number of benzene rings is 1. The summed E-state index contributed by atoms with van der Waals surface area (Å²) in [5, 5.41) is 0.862. The lowest BCUT2D eigenvalue weighted by atomic mass is 9.81. The number of carbonyl (C=O) groups excluding carboxylic acids is 3. The van der Waals surface area contributed by atoms with E-state index in [0.29, 0.717) is 5.75 Å². The van der Waals surface area contributed by atoms with Gasteiger partial charge in [0.05, 0.1) is 24.0 Å². The van der Waals surface area contributed by atoms with E-state index in [0.717, 1.165) is 23.4 Å². The van der Waals surface area contributed by atoms with E-state index < -0.39 is 23.8 Å². The van der Waals surface area contributed by atoms with Crippen molar-refractivity contribution in [3.8, 4) is 5.75 Å². The number of fused-ring (bicyclic) bond motifs is 5. The summed E-state index contributed by atoms with van der Waals surface area (Å²) in [4.78, 5) is 37.4. The number of amides is 3. The summed E-state index contributed by atoms with van der Waals surface area (Å²) in [6.07, 6.45) is 0.347. The number of nitrogens with one attached hydrogen (secondary N) is 1. The van der Waals surface area contributed by atoms with Crippen LogP contribution in [0.3, 0.4) is 0 Å². The monoisotopic (exact) mass is 344 g/mol. The number of nitrogens with zero attached hydrogens (tertiary/aromatic N) is 1. The molecule has 1 aromatic carbocycles. The van der Waals surface area contributed by atoms with Crippen molar-refractivity contribution in [1.82, 2.24) is 10.4 Å². The Balaban J connectivity index is 1.41. The van der Waals surface area contributed by atoms with Crippen molar-refractivity contribution in [2.24, 2.45) is 11.8 Å². The van der Waals surface area contributed by atoms with Gasteiger partial charge in [0, 0.05) is 0 Å². The van der Waals surface area contributed by atoms with Crippen molar-refractivity contribution in [3.05, 3.63) is 29.8 Å². The maximum absolute atomic E-state index is 12.5. The third-order valence-corrected chi connectivity index (χ3v) is 5.21. The van der Waals surface area contributed by atoms with Gasteiger partial charge in [0.1, 0.15) is 5.75 Å². The number of rotatable bonds is 4. The molecule has 0 aromatic heterocycles. The third kappa shape index (κ3) is 2.59. The van der Waals surface area contributed by atoms with Crippen LogP contribution in [-0.2, 0) is 19.1 Å². The molecule has 5 atom stereocenters. The molecule has 0 spiro atoms. The van der Waals surface area contributed by atoms with E-state index in [-0.39, 0.29) is 24.0 Å². The average molecular weight is 344 g/mol. The first kappa shape index (κ1) is 16.1. The van der Waals surface area contributed by atoms with Crippen molar-refractivity contribution in [1.29, 1.82) is 0 Å². The minimum atomic E-state index is -0.836. The minimum absolute atomic E-state index is 0.199. The maximum atomic E-state index is 12.5. The molecule has 1 aromatic rings. The lowest BCUT2D eigenvalue weighted by molar-refractivity contribution is -0.153. The smallest absolute Gasteiger partial charge is 0.279 e. The van der Waals surface area contributed by atoms with E-state index in [4.69, 9.17) is 9.47 Å². The maximum Gasteiger partial charge on any atom is 0.279 e. The second-order valence-electron chi connectivity index (χ2n) is 6.90. The fraction of sp³-hybridized carbons (Fsp3) is 0.500. The first-order valence-electron chi connectivity index (χ1n) is 8.53. The fourth-order valence-electron chi connectivity index (χ4n) is 3.90. The molecule has 1 N–H and O–H groups in total. The largest absolute Gasteiger partial charge is 0.481 e. The zero-order valence-corrected chi connectivity index (χ0v) is 14.1. The Morgan fingerprint density at radius 2 is 1.72 bits per heavy atom. The van der Waals surface area contributed by atoms with Crippen LogP contribution >= 0.6 is 0 Å². The van der Waals surface area contributed by atoms with Crippen LogP contribution in [0.5, 0.6) is 5.75 Å². The standard InChI is InChI=1S/C18H20N2O5/c1-9-3-5-11(6-4-9)24-10(2)16(21)19-20-17(22)14-12-7-8-13(25-12)15(14)18(20)23/h3-6,10,12-15H,7-8H2,1-2H3,(H,19,21). The summed E-state index contributed by atoms with van der Waals surface area (Å²) in [6.45, 7) is 3.53. The van der Waals surface area contributed by atoms with Gasteiger partial charge in [-0.15, -0.1) is 0 Å². The number of imide groups is 1. The molecule has 0 aliphatic carbocycles. The lowest BCUT2D eigenvalue weighted by Gasteiger charge is -2.21. The summed E-state index contributed by atoms with van der Waals surface area (Å²) >= 11 is 0. The van der Waals surface area contributed by atoms with Crippen LogP contribution in [0, 0.1) is 18.8 Å². The summed E-state index contributed by atoms with van der Waals surface area (Å²) < 4.78 is 11.2. The number of hydrogen-bond donors (Lipinski definition) is 1. The highest BCUT2D eigenvalue weighted by Gasteiger charge is 2.63. The van der Waals surface area contributed by atoms with Gasteiger partial charge >= 0.3 is 0 Å². The van der Waals surface area contributed by atoms with Crippen LogP contribution in [0.25, 0.3) is 0 Å². The average Bonchev–Trinajstić information content (AvgIpc) is 3.26. The molecule has 3 heterocycles. The number of ether oxygens (including phenoxy) is 2. The zero-order valence-electron chi connectivity index (χ0n) is 14.1. The van der Waals surface area contributed by atoms with Crippen molar-refractivity contribution in [2.45, 2.75) is 45.0 Å². The summed E-state index contributed by atoms with van der Waals surface area (Å²) in [5.41, 5.74) is 3.51. The third-order valence-electron chi connectivity index (χ3n) is 5.21. The molecule has 0 radical (unpaired) electrons. The van der Waals surface area contributed by atoms with E-state index in [1.54, 1.807) is 19.1 Å². The van der Waals surface area contributed by atoms with Crippen LogP contribution in [0.15, 0.2) is 24.3 Å². The molecule has 0 saturated carbocycles. The van der Waals surface area contributed by atoms with E-state index in [9.17, 15) is 14.4 Å². The summed E-state index contributed by atoms with van der Waals surface area (Å²) in [6, 6.07) is 7.30. The second kappa shape index (κ2) is 5.84.